The molecule has 0 atom stereocenters. The Balaban J connectivity index is 1.79. The third-order valence-electron chi connectivity index (χ3n) is 2.65. The molecule has 2 heterocycles. The SMILES string of the molecule is CCc1cnc(CSc2cnc(NC(=O)CCC(F)(F)F)s2)o1. The van der Waals surface area contributed by atoms with Crippen LogP contribution in [0.5, 0.6) is 0 Å². The topological polar surface area (TPSA) is 68.0 Å². The number of anilines is 1. The summed E-state index contributed by atoms with van der Waals surface area (Å²) in [5, 5.41) is 2.64. The Morgan fingerprint density at radius 2 is 2.17 bits per heavy atom. The zero-order chi connectivity index (χ0) is 16.9. The predicted octanol–water partition coefficient (Wildman–Crippen LogP) is 4.27. The van der Waals surface area contributed by atoms with Crippen molar-refractivity contribution < 1.29 is 22.4 Å². The minimum absolute atomic E-state index is 0.279. The zero-order valence-corrected chi connectivity index (χ0v) is 13.8. The number of carbonyl (C=O) groups is 1. The number of rotatable bonds is 7. The van der Waals surface area contributed by atoms with Gasteiger partial charge in [-0.1, -0.05) is 18.3 Å². The maximum absolute atomic E-state index is 12.0. The van der Waals surface area contributed by atoms with Crippen LogP contribution in [-0.2, 0) is 17.0 Å². The molecule has 2 aromatic heterocycles. The minimum atomic E-state index is -4.34. The number of nitrogens with zero attached hydrogens (tertiary/aromatic N) is 2. The number of thioether (sulfide) groups is 1. The van der Waals surface area contributed by atoms with Crippen LogP contribution in [-0.4, -0.2) is 22.1 Å². The van der Waals surface area contributed by atoms with E-state index in [0.717, 1.165) is 16.4 Å². The molecule has 1 amide bonds. The van der Waals surface area contributed by atoms with Crippen molar-refractivity contribution in [1.82, 2.24) is 9.97 Å². The van der Waals surface area contributed by atoms with Gasteiger partial charge in [-0.15, -0.1) is 11.8 Å². The van der Waals surface area contributed by atoms with Gasteiger partial charge in [0.1, 0.15) is 5.76 Å². The molecule has 0 saturated carbocycles. The molecular weight excluding hydrogens is 351 g/mol. The monoisotopic (exact) mass is 365 g/mol. The Morgan fingerprint density at radius 1 is 1.39 bits per heavy atom. The molecule has 1 N–H and O–H groups in total. The van der Waals surface area contributed by atoms with E-state index in [1.54, 1.807) is 12.4 Å². The number of aryl methyl sites for hydroxylation is 1. The first-order valence-corrected chi connectivity index (χ1v) is 8.54. The molecule has 2 rings (SSSR count). The first kappa shape index (κ1) is 17.8. The van der Waals surface area contributed by atoms with Crippen molar-refractivity contribution in [3.05, 3.63) is 24.0 Å². The zero-order valence-electron chi connectivity index (χ0n) is 12.1. The summed E-state index contributed by atoms with van der Waals surface area (Å²) in [7, 11) is 0. The normalized spacial score (nSPS) is 11.7. The lowest BCUT2D eigenvalue weighted by Gasteiger charge is -2.05. The molecular formula is C13H14F3N3O2S2. The summed E-state index contributed by atoms with van der Waals surface area (Å²) in [6.07, 6.45) is -2.09. The van der Waals surface area contributed by atoms with Crippen LogP contribution in [0.2, 0.25) is 0 Å². The lowest BCUT2D eigenvalue weighted by Crippen LogP contribution is -2.16. The molecule has 23 heavy (non-hydrogen) atoms. The summed E-state index contributed by atoms with van der Waals surface area (Å²) < 4.78 is 42.4. The molecule has 0 unspecified atom stereocenters. The van der Waals surface area contributed by atoms with Crippen LogP contribution < -0.4 is 5.32 Å². The van der Waals surface area contributed by atoms with Gasteiger partial charge >= 0.3 is 6.18 Å². The second kappa shape index (κ2) is 7.82. The fourth-order valence-electron chi connectivity index (χ4n) is 1.53. The quantitative estimate of drug-likeness (QED) is 0.742. The minimum Gasteiger partial charge on any atom is -0.445 e. The third-order valence-corrected chi connectivity index (χ3v) is 4.75. The molecule has 0 bridgehead atoms. The van der Waals surface area contributed by atoms with E-state index in [2.05, 4.69) is 15.3 Å². The maximum Gasteiger partial charge on any atom is 0.389 e. The van der Waals surface area contributed by atoms with Gasteiger partial charge in [-0.2, -0.15) is 13.2 Å². The van der Waals surface area contributed by atoms with Gasteiger partial charge in [0.05, 0.1) is 28.8 Å². The molecule has 0 aromatic carbocycles. The van der Waals surface area contributed by atoms with Crippen LogP contribution >= 0.6 is 23.1 Å². The number of alkyl halides is 3. The number of amides is 1. The van der Waals surface area contributed by atoms with Crippen molar-refractivity contribution in [1.29, 1.82) is 0 Å². The van der Waals surface area contributed by atoms with Crippen LogP contribution in [0.1, 0.15) is 31.4 Å². The van der Waals surface area contributed by atoms with Gasteiger partial charge in [0, 0.05) is 12.8 Å². The molecule has 0 saturated heterocycles. The summed E-state index contributed by atoms with van der Waals surface area (Å²) in [6.45, 7) is 1.97. The van der Waals surface area contributed by atoms with Crippen molar-refractivity contribution in [2.45, 2.75) is 42.3 Å². The average molecular weight is 365 g/mol. The molecule has 126 valence electrons. The first-order valence-electron chi connectivity index (χ1n) is 6.74. The van der Waals surface area contributed by atoms with Crippen LogP contribution in [0.4, 0.5) is 18.3 Å². The van der Waals surface area contributed by atoms with Crippen molar-refractivity contribution >= 4 is 34.1 Å². The molecule has 2 aromatic rings. The highest BCUT2D eigenvalue weighted by Crippen LogP contribution is 2.31. The van der Waals surface area contributed by atoms with Gasteiger partial charge in [0.15, 0.2) is 5.13 Å². The Labute approximate surface area is 138 Å². The van der Waals surface area contributed by atoms with Gasteiger partial charge in [-0.25, -0.2) is 9.97 Å². The fourth-order valence-corrected chi connectivity index (χ4v) is 3.27. The van der Waals surface area contributed by atoms with Crippen LogP contribution in [0.3, 0.4) is 0 Å². The number of thiazole rings is 1. The number of carbonyl (C=O) groups excluding carboxylic acids is 1. The Kier molecular flexibility index (Phi) is 6.05. The smallest absolute Gasteiger partial charge is 0.389 e. The number of nitrogens with one attached hydrogen (secondary N) is 1. The van der Waals surface area contributed by atoms with Crippen molar-refractivity contribution in [2.24, 2.45) is 0 Å². The number of hydrogen-bond donors (Lipinski definition) is 1. The van der Waals surface area contributed by atoms with E-state index < -0.39 is 24.9 Å². The van der Waals surface area contributed by atoms with Crippen molar-refractivity contribution in [2.75, 3.05) is 5.32 Å². The van der Waals surface area contributed by atoms with Crippen LogP contribution in [0.15, 0.2) is 21.0 Å². The van der Waals surface area contributed by atoms with Gasteiger partial charge in [-0.05, 0) is 0 Å². The van der Waals surface area contributed by atoms with Gasteiger partial charge in [-0.3, -0.25) is 4.79 Å². The Bertz CT molecular complexity index is 655. The van der Waals surface area contributed by atoms with Crippen molar-refractivity contribution in [3.8, 4) is 0 Å². The number of oxazole rings is 1. The van der Waals surface area contributed by atoms with E-state index >= 15 is 0 Å². The molecule has 0 spiro atoms. The average Bonchev–Trinajstić information content (AvgIpc) is 3.11. The summed E-state index contributed by atoms with van der Waals surface area (Å²) in [4.78, 5) is 19.5. The lowest BCUT2D eigenvalue weighted by molar-refractivity contribution is -0.142. The molecule has 0 radical (unpaired) electrons. The summed E-state index contributed by atoms with van der Waals surface area (Å²) in [5.41, 5.74) is 0. The van der Waals surface area contributed by atoms with Gasteiger partial charge in [0.25, 0.3) is 0 Å². The highest BCUT2D eigenvalue weighted by Gasteiger charge is 2.28. The largest absolute Gasteiger partial charge is 0.445 e. The van der Waals surface area contributed by atoms with E-state index in [0.29, 0.717) is 11.6 Å². The fraction of sp³-hybridized carbons (Fsp3) is 0.462. The number of halogens is 3. The molecule has 0 aliphatic heterocycles. The maximum atomic E-state index is 12.0. The second-order valence-corrected chi connectivity index (χ2v) is 6.82. The Hall–Kier alpha value is -1.55. The molecule has 10 heteroatoms. The summed E-state index contributed by atoms with van der Waals surface area (Å²) in [5.74, 6) is 1.22. The lowest BCUT2D eigenvalue weighted by atomic mass is 10.3. The summed E-state index contributed by atoms with van der Waals surface area (Å²) >= 11 is 2.63. The van der Waals surface area contributed by atoms with Gasteiger partial charge in [0.2, 0.25) is 11.8 Å². The van der Waals surface area contributed by atoms with Crippen LogP contribution in [0.25, 0.3) is 0 Å². The molecule has 5 nitrogen and oxygen atoms in total. The highest BCUT2D eigenvalue weighted by molar-refractivity contribution is 8.00. The molecule has 0 aliphatic carbocycles. The first-order chi connectivity index (χ1) is 10.9. The standard InChI is InChI=1S/C13H14F3N3O2S2/c1-2-8-5-17-10(21-8)7-22-11-6-18-12(23-11)19-9(20)3-4-13(14,15)16/h5-6H,2-4,7H2,1H3,(H,18,19,20). The van der Waals surface area contributed by atoms with E-state index in [1.807, 2.05) is 6.92 Å². The van der Waals surface area contributed by atoms with E-state index in [1.165, 1.54) is 23.1 Å². The number of aromatic nitrogens is 2. The molecule has 0 aliphatic rings. The van der Waals surface area contributed by atoms with Crippen LogP contribution in [0, 0.1) is 0 Å². The van der Waals surface area contributed by atoms with E-state index in [-0.39, 0.29) is 5.13 Å². The third kappa shape index (κ3) is 6.22. The van der Waals surface area contributed by atoms with Crippen molar-refractivity contribution in [3.63, 3.8) is 0 Å². The molecule has 0 fully saturated rings. The number of hydrogen-bond acceptors (Lipinski definition) is 6. The second-order valence-electron chi connectivity index (χ2n) is 4.51. The van der Waals surface area contributed by atoms with E-state index in [4.69, 9.17) is 4.42 Å². The highest BCUT2D eigenvalue weighted by atomic mass is 32.2. The summed E-state index contributed by atoms with van der Waals surface area (Å²) in [6, 6.07) is 0. The van der Waals surface area contributed by atoms with E-state index in [9.17, 15) is 18.0 Å². The Morgan fingerprint density at radius 3 is 2.83 bits per heavy atom. The predicted molar refractivity (Wildman–Crippen MR) is 81.5 cm³/mol. The van der Waals surface area contributed by atoms with Gasteiger partial charge < -0.3 is 9.73 Å².